The summed E-state index contributed by atoms with van der Waals surface area (Å²) in [6.45, 7) is 7.05. The summed E-state index contributed by atoms with van der Waals surface area (Å²) < 4.78 is 3.15. The molecule has 0 aliphatic carbocycles. The van der Waals surface area contributed by atoms with Gasteiger partial charge in [0.25, 0.3) is 0 Å². The first-order valence-corrected chi connectivity index (χ1v) is 8.67. The van der Waals surface area contributed by atoms with E-state index in [0.717, 1.165) is 33.7 Å². The Bertz CT molecular complexity index is 606. The van der Waals surface area contributed by atoms with Gasteiger partial charge in [0.05, 0.1) is 20.9 Å². The number of nitrogens with zero attached hydrogens (tertiary/aromatic N) is 2. The molecule has 20 heavy (non-hydrogen) atoms. The van der Waals surface area contributed by atoms with Crippen LogP contribution in [-0.2, 0) is 13.0 Å². The van der Waals surface area contributed by atoms with Crippen molar-refractivity contribution in [1.29, 1.82) is 0 Å². The number of likely N-dealkylation sites (N-methyl/N-ethyl adjacent to an activating group) is 1. The van der Waals surface area contributed by atoms with Crippen LogP contribution in [0.25, 0.3) is 0 Å². The second kappa shape index (κ2) is 6.60. The number of hydrogen-bond donors (Lipinski definition) is 1. The van der Waals surface area contributed by atoms with Gasteiger partial charge >= 0.3 is 0 Å². The SMILES string of the molecule is CCn1nc(C)c(Br)c1CC(NC)c1scc(C)c1Cl. The molecule has 0 saturated carbocycles. The summed E-state index contributed by atoms with van der Waals surface area (Å²) in [5.74, 6) is 0. The zero-order chi connectivity index (χ0) is 14.9. The Morgan fingerprint density at radius 2 is 2.20 bits per heavy atom. The summed E-state index contributed by atoms with van der Waals surface area (Å²) in [5.41, 5.74) is 3.39. The van der Waals surface area contributed by atoms with Crippen molar-refractivity contribution in [3.8, 4) is 0 Å². The number of aryl methyl sites for hydroxylation is 3. The van der Waals surface area contributed by atoms with E-state index < -0.39 is 0 Å². The maximum atomic E-state index is 6.40. The molecule has 2 rings (SSSR count). The van der Waals surface area contributed by atoms with Crippen LogP contribution in [0.4, 0.5) is 0 Å². The fourth-order valence-corrected chi connectivity index (χ4v) is 4.15. The Labute approximate surface area is 137 Å². The molecule has 110 valence electrons. The summed E-state index contributed by atoms with van der Waals surface area (Å²) in [7, 11) is 1.98. The molecule has 1 atom stereocenters. The number of thiophene rings is 1. The van der Waals surface area contributed by atoms with Crippen LogP contribution in [0.15, 0.2) is 9.85 Å². The van der Waals surface area contributed by atoms with Crippen molar-refractivity contribution in [3.63, 3.8) is 0 Å². The van der Waals surface area contributed by atoms with Crippen LogP contribution in [0, 0.1) is 13.8 Å². The lowest BCUT2D eigenvalue weighted by Gasteiger charge is -2.16. The van der Waals surface area contributed by atoms with E-state index in [2.05, 4.69) is 43.3 Å². The van der Waals surface area contributed by atoms with Crippen molar-refractivity contribution in [2.45, 2.75) is 39.8 Å². The van der Waals surface area contributed by atoms with Gasteiger partial charge in [-0.25, -0.2) is 0 Å². The third kappa shape index (κ3) is 2.96. The highest BCUT2D eigenvalue weighted by molar-refractivity contribution is 9.10. The second-order valence-corrected chi connectivity index (χ2v) is 6.89. The van der Waals surface area contributed by atoms with Crippen LogP contribution in [0.1, 0.15) is 34.8 Å². The average Bonchev–Trinajstić information content (AvgIpc) is 2.90. The van der Waals surface area contributed by atoms with Crippen molar-refractivity contribution in [2.75, 3.05) is 7.05 Å². The first-order chi connectivity index (χ1) is 9.49. The predicted octanol–water partition coefficient (Wildman–Crippen LogP) is 4.50. The first-order valence-electron chi connectivity index (χ1n) is 6.62. The smallest absolute Gasteiger partial charge is 0.0738 e. The number of hydrogen-bond acceptors (Lipinski definition) is 3. The summed E-state index contributed by atoms with van der Waals surface area (Å²) in [5, 5.41) is 10.9. The number of nitrogens with one attached hydrogen (secondary N) is 1. The highest BCUT2D eigenvalue weighted by Gasteiger charge is 2.21. The van der Waals surface area contributed by atoms with E-state index in [0.29, 0.717) is 0 Å². The molecule has 0 amide bonds. The molecule has 0 spiro atoms. The first kappa shape index (κ1) is 16.0. The van der Waals surface area contributed by atoms with Crippen molar-refractivity contribution in [3.05, 3.63) is 36.7 Å². The van der Waals surface area contributed by atoms with Gasteiger partial charge in [0.2, 0.25) is 0 Å². The molecule has 3 nitrogen and oxygen atoms in total. The lowest BCUT2D eigenvalue weighted by Crippen LogP contribution is -2.20. The average molecular weight is 377 g/mol. The van der Waals surface area contributed by atoms with Gasteiger partial charge in [0.15, 0.2) is 0 Å². The lowest BCUT2D eigenvalue weighted by molar-refractivity contribution is 0.545. The highest BCUT2D eigenvalue weighted by atomic mass is 79.9. The van der Waals surface area contributed by atoms with Crippen molar-refractivity contribution in [1.82, 2.24) is 15.1 Å². The van der Waals surface area contributed by atoms with Gasteiger partial charge in [-0.3, -0.25) is 4.68 Å². The minimum absolute atomic E-state index is 0.207. The minimum atomic E-state index is 0.207. The van der Waals surface area contributed by atoms with Crippen LogP contribution < -0.4 is 5.32 Å². The van der Waals surface area contributed by atoms with Gasteiger partial charge in [-0.05, 0) is 54.7 Å². The molecule has 1 N–H and O–H groups in total. The van der Waals surface area contributed by atoms with Gasteiger partial charge in [-0.2, -0.15) is 5.10 Å². The normalized spacial score (nSPS) is 12.9. The molecule has 0 saturated heterocycles. The number of halogens is 2. The van der Waals surface area contributed by atoms with E-state index in [1.165, 1.54) is 10.6 Å². The standard InChI is InChI=1S/C14H19BrClN3S/c1-5-19-11(12(15)9(3)18-19)6-10(17-4)14-13(16)8(2)7-20-14/h7,10,17H,5-6H2,1-4H3. The molecule has 6 heteroatoms. The third-order valence-corrected chi connectivity index (χ3v) is 6.30. The molecular formula is C14H19BrClN3S. The summed E-state index contributed by atoms with van der Waals surface area (Å²) in [4.78, 5) is 1.19. The van der Waals surface area contributed by atoms with E-state index in [4.69, 9.17) is 11.6 Å². The zero-order valence-electron chi connectivity index (χ0n) is 12.1. The van der Waals surface area contributed by atoms with E-state index >= 15 is 0 Å². The Balaban J connectivity index is 2.34. The van der Waals surface area contributed by atoms with Crippen LogP contribution >= 0.6 is 38.9 Å². The van der Waals surface area contributed by atoms with E-state index in [9.17, 15) is 0 Å². The number of aromatic nitrogens is 2. The summed E-state index contributed by atoms with van der Waals surface area (Å²) in [6, 6.07) is 0.207. The monoisotopic (exact) mass is 375 g/mol. The Kier molecular flexibility index (Phi) is 5.29. The molecule has 2 heterocycles. The Morgan fingerprint density at radius 3 is 2.70 bits per heavy atom. The van der Waals surface area contributed by atoms with Gasteiger partial charge in [-0.15, -0.1) is 11.3 Å². The molecule has 0 aliphatic rings. The van der Waals surface area contributed by atoms with E-state index in [1.54, 1.807) is 11.3 Å². The van der Waals surface area contributed by atoms with Crippen LogP contribution in [0.2, 0.25) is 5.02 Å². The van der Waals surface area contributed by atoms with Crippen molar-refractivity contribution < 1.29 is 0 Å². The molecule has 2 aromatic heterocycles. The predicted molar refractivity (Wildman–Crippen MR) is 89.9 cm³/mol. The molecule has 1 unspecified atom stereocenters. The van der Waals surface area contributed by atoms with Crippen LogP contribution in [0.3, 0.4) is 0 Å². The molecule has 2 aromatic rings. The van der Waals surface area contributed by atoms with Gasteiger partial charge in [0, 0.05) is 23.9 Å². The molecule has 0 aromatic carbocycles. The lowest BCUT2D eigenvalue weighted by atomic mass is 10.1. The van der Waals surface area contributed by atoms with Crippen LogP contribution in [0.5, 0.6) is 0 Å². The Hall–Kier alpha value is -0.360. The largest absolute Gasteiger partial charge is 0.312 e. The quantitative estimate of drug-likeness (QED) is 0.832. The van der Waals surface area contributed by atoms with Gasteiger partial charge in [0.1, 0.15) is 0 Å². The summed E-state index contributed by atoms with van der Waals surface area (Å²) >= 11 is 11.8. The summed E-state index contributed by atoms with van der Waals surface area (Å²) in [6.07, 6.45) is 0.867. The van der Waals surface area contributed by atoms with Crippen LogP contribution in [-0.4, -0.2) is 16.8 Å². The molecule has 0 aliphatic heterocycles. The molecular weight excluding hydrogens is 358 g/mol. The molecule has 0 fully saturated rings. The van der Waals surface area contributed by atoms with E-state index in [-0.39, 0.29) is 6.04 Å². The maximum Gasteiger partial charge on any atom is 0.0738 e. The molecule has 0 radical (unpaired) electrons. The fourth-order valence-electron chi connectivity index (χ4n) is 2.27. The van der Waals surface area contributed by atoms with Gasteiger partial charge in [-0.1, -0.05) is 11.6 Å². The topological polar surface area (TPSA) is 29.9 Å². The Morgan fingerprint density at radius 1 is 1.50 bits per heavy atom. The number of rotatable bonds is 5. The molecule has 0 bridgehead atoms. The maximum absolute atomic E-state index is 6.40. The zero-order valence-corrected chi connectivity index (χ0v) is 15.3. The fraction of sp³-hybridized carbons (Fsp3) is 0.500. The van der Waals surface area contributed by atoms with Gasteiger partial charge < -0.3 is 5.32 Å². The second-order valence-electron chi connectivity index (χ2n) is 4.80. The third-order valence-electron chi connectivity index (χ3n) is 3.44. The van der Waals surface area contributed by atoms with Crippen molar-refractivity contribution in [2.24, 2.45) is 0 Å². The van der Waals surface area contributed by atoms with E-state index in [1.807, 2.05) is 20.9 Å². The van der Waals surface area contributed by atoms with Crippen molar-refractivity contribution >= 4 is 38.9 Å². The highest BCUT2D eigenvalue weighted by Crippen LogP contribution is 2.35. The minimum Gasteiger partial charge on any atom is -0.312 e.